The molecule has 122 valence electrons. The van der Waals surface area contributed by atoms with Gasteiger partial charge in [-0.25, -0.2) is 0 Å². The second kappa shape index (κ2) is 8.85. The van der Waals surface area contributed by atoms with Crippen LogP contribution in [0, 0.1) is 24.7 Å². The maximum atomic E-state index is 5.34. The molecular formula is C19H24N2OS. The normalized spacial score (nSPS) is 11.8. The average molecular weight is 328 g/mol. The second-order valence-electron chi connectivity index (χ2n) is 5.61. The number of nitrogens with two attached hydrogens (primary N) is 1. The van der Waals surface area contributed by atoms with Crippen LogP contribution in [-0.4, -0.2) is 13.3 Å². The van der Waals surface area contributed by atoms with Crippen LogP contribution in [0.1, 0.15) is 29.2 Å². The van der Waals surface area contributed by atoms with Crippen LogP contribution in [-0.2, 0) is 11.3 Å². The van der Waals surface area contributed by atoms with Gasteiger partial charge >= 0.3 is 0 Å². The van der Waals surface area contributed by atoms with E-state index in [1.165, 1.54) is 20.9 Å². The third-order valence-electron chi connectivity index (χ3n) is 3.51. The number of hydroxylamine groups is 1. The number of hydrogen-bond acceptors (Lipinski definition) is 4. The highest BCUT2D eigenvalue weighted by molar-refractivity contribution is 7.12. The van der Waals surface area contributed by atoms with Crippen molar-refractivity contribution in [3.05, 3.63) is 45.6 Å². The highest BCUT2D eigenvalue weighted by atomic mass is 32.1. The van der Waals surface area contributed by atoms with Crippen LogP contribution in [0.4, 0.5) is 0 Å². The van der Waals surface area contributed by atoms with E-state index >= 15 is 0 Å². The smallest absolute Gasteiger partial charge is 0.0711 e. The van der Waals surface area contributed by atoms with Gasteiger partial charge in [-0.15, -0.1) is 17.3 Å². The molecular weight excluding hydrogens is 304 g/mol. The van der Waals surface area contributed by atoms with Gasteiger partial charge in [-0.05, 0) is 55.5 Å². The van der Waals surface area contributed by atoms with Crippen molar-refractivity contribution in [1.29, 1.82) is 0 Å². The van der Waals surface area contributed by atoms with Crippen LogP contribution in [0.5, 0.6) is 0 Å². The first-order valence-corrected chi connectivity index (χ1v) is 8.63. The minimum atomic E-state index is 0.339. The number of thiophene rings is 1. The summed E-state index contributed by atoms with van der Waals surface area (Å²) in [5, 5.41) is 0. The van der Waals surface area contributed by atoms with Gasteiger partial charge in [-0.2, -0.15) is 5.48 Å². The summed E-state index contributed by atoms with van der Waals surface area (Å²) < 4.78 is 0. The Bertz CT molecular complexity index is 697. The lowest BCUT2D eigenvalue weighted by Crippen LogP contribution is -2.25. The van der Waals surface area contributed by atoms with Crippen molar-refractivity contribution in [2.24, 2.45) is 11.7 Å². The fourth-order valence-corrected chi connectivity index (χ4v) is 3.73. The van der Waals surface area contributed by atoms with Crippen LogP contribution in [0.15, 0.2) is 30.3 Å². The first kappa shape index (κ1) is 17.7. The van der Waals surface area contributed by atoms with Crippen molar-refractivity contribution in [2.45, 2.75) is 27.2 Å². The molecule has 0 radical (unpaired) electrons. The third kappa shape index (κ3) is 5.19. The molecule has 1 aromatic heterocycles. The van der Waals surface area contributed by atoms with Crippen LogP contribution < -0.4 is 11.2 Å². The molecule has 3 N–H and O–H groups in total. The molecule has 1 atom stereocenters. The van der Waals surface area contributed by atoms with E-state index in [1.807, 2.05) is 24.3 Å². The molecule has 0 aliphatic rings. The zero-order valence-corrected chi connectivity index (χ0v) is 14.8. The topological polar surface area (TPSA) is 47.3 Å². The Morgan fingerprint density at radius 1 is 1.35 bits per heavy atom. The van der Waals surface area contributed by atoms with E-state index in [2.05, 4.69) is 55.4 Å². The Morgan fingerprint density at radius 3 is 2.91 bits per heavy atom. The molecule has 2 aromatic rings. The van der Waals surface area contributed by atoms with Crippen molar-refractivity contribution in [3.63, 3.8) is 0 Å². The van der Waals surface area contributed by atoms with Gasteiger partial charge in [-0.3, -0.25) is 0 Å². The number of rotatable bonds is 7. The Morgan fingerprint density at radius 2 is 2.17 bits per heavy atom. The van der Waals surface area contributed by atoms with Crippen LogP contribution in [0.2, 0.25) is 0 Å². The van der Waals surface area contributed by atoms with Gasteiger partial charge in [-0.1, -0.05) is 25.0 Å². The van der Waals surface area contributed by atoms with Crippen molar-refractivity contribution in [2.75, 3.05) is 13.3 Å². The van der Waals surface area contributed by atoms with E-state index in [-0.39, 0.29) is 0 Å². The monoisotopic (exact) mass is 328 g/mol. The van der Waals surface area contributed by atoms with Crippen molar-refractivity contribution in [3.8, 4) is 23.0 Å². The molecule has 4 heteroatoms. The highest BCUT2D eigenvalue weighted by Crippen LogP contribution is 2.32. The maximum absolute atomic E-state index is 5.34. The first-order chi connectivity index (χ1) is 11.1. The van der Waals surface area contributed by atoms with Gasteiger partial charge in [0.2, 0.25) is 0 Å². The molecule has 3 nitrogen and oxygen atoms in total. The van der Waals surface area contributed by atoms with Crippen molar-refractivity contribution in [1.82, 2.24) is 5.48 Å². The van der Waals surface area contributed by atoms with Crippen molar-refractivity contribution >= 4 is 11.3 Å². The summed E-state index contributed by atoms with van der Waals surface area (Å²) in [4.78, 5) is 8.02. The largest absolute Gasteiger partial charge is 0.317 e. The van der Waals surface area contributed by atoms with Gasteiger partial charge in [0.25, 0.3) is 0 Å². The lowest BCUT2D eigenvalue weighted by atomic mass is 10.0. The fourth-order valence-electron chi connectivity index (χ4n) is 2.50. The SMILES string of the molecule is CC#Cc1cccc(-c2cc(C[C@@H](C)CONCN)sc2C)c1. The van der Waals surface area contributed by atoms with E-state index in [1.54, 1.807) is 0 Å². The second-order valence-corrected chi connectivity index (χ2v) is 6.95. The molecule has 0 amide bonds. The molecule has 0 spiro atoms. The van der Waals surface area contributed by atoms with E-state index in [0.717, 1.165) is 12.0 Å². The predicted molar refractivity (Wildman–Crippen MR) is 98.1 cm³/mol. The molecule has 0 unspecified atom stereocenters. The number of benzene rings is 1. The maximum Gasteiger partial charge on any atom is 0.0711 e. The highest BCUT2D eigenvalue weighted by Gasteiger charge is 2.11. The fraction of sp³-hybridized carbons (Fsp3) is 0.368. The van der Waals surface area contributed by atoms with Crippen LogP contribution in [0.25, 0.3) is 11.1 Å². The van der Waals surface area contributed by atoms with E-state index in [9.17, 15) is 0 Å². The molecule has 2 rings (SSSR count). The van der Waals surface area contributed by atoms with Gasteiger partial charge in [0.1, 0.15) is 0 Å². The first-order valence-electron chi connectivity index (χ1n) is 7.81. The van der Waals surface area contributed by atoms with Gasteiger partial charge in [0, 0.05) is 15.3 Å². The van der Waals surface area contributed by atoms with E-state index < -0.39 is 0 Å². The molecule has 1 aromatic carbocycles. The molecule has 0 saturated heterocycles. The van der Waals surface area contributed by atoms with E-state index in [0.29, 0.717) is 19.2 Å². The predicted octanol–water partition coefficient (Wildman–Crippen LogP) is 3.71. The van der Waals surface area contributed by atoms with Crippen molar-refractivity contribution < 1.29 is 4.84 Å². The number of nitrogens with one attached hydrogen (secondary N) is 1. The summed E-state index contributed by atoms with van der Waals surface area (Å²) in [5.41, 5.74) is 11.6. The minimum absolute atomic E-state index is 0.339. The zero-order chi connectivity index (χ0) is 16.7. The summed E-state index contributed by atoms with van der Waals surface area (Å²) in [6.07, 6.45) is 1.01. The Kier molecular flexibility index (Phi) is 6.82. The van der Waals surface area contributed by atoms with E-state index in [4.69, 9.17) is 10.6 Å². The summed E-state index contributed by atoms with van der Waals surface area (Å²) in [6.45, 7) is 7.23. The molecule has 0 fully saturated rings. The molecule has 0 bridgehead atoms. The Labute approximate surface area is 142 Å². The van der Waals surface area contributed by atoms with Crippen LogP contribution in [0.3, 0.4) is 0 Å². The summed E-state index contributed by atoms with van der Waals surface area (Å²) in [6, 6.07) is 10.7. The standard InChI is InChI=1S/C19H24N2OS/c1-4-6-16-7-5-8-17(10-16)19-11-18(23-15(19)3)9-14(2)12-22-21-13-20/h5,7-8,10-11,14,21H,9,12-13,20H2,1-3H3/t14-/m1/s1. The molecule has 0 aliphatic carbocycles. The number of aryl methyl sites for hydroxylation is 1. The van der Waals surface area contributed by atoms with Gasteiger partial charge in [0.15, 0.2) is 0 Å². The Hall–Kier alpha value is -1.64. The quantitative estimate of drug-likeness (QED) is 0.352. The summed E-state index contributed by atoms with van der Waals surface area (Å²) in [5.74, 6) is 6.52. The molecule has 0 aliphatic heterocycles. The van der Waals surface area contributed by atoms with Gasteiger partial charge < -0.3 is 10.6 Å². The zero-order valence-electron chi connectivity index (χ0n) is 14.0. The lowest BCUT2D eigenvalue weighted by Gasteiger charge is -2.10. The Balaban J connectivity index is 2.11. The van der Waals surface area contributed by atoms with Crippen LogP contribution >= 0.6 is 11.3 Å². The molecule has 23 heavy (non-hydrogen) atoms. The molecule has 0 saturated carbocycles. The van der Waals surface area contributed by atoms with Gasteiger partial charge in [0.05, 0.1) is 13.3 Å². The summed E-state index contributed by atoms with van der Waals surface area (Å²) >= 11 is 1.86. The lowest BCUT2D eigenvalue weighted by molar-refractivity contribution is 0.0222. The average Bonchev–Trinajstić information content (AvgIpc) is 2.88. The summed E-state index contributed by atoms with van der Waals surface area (Å²) in [7, 11) is 0. The minimum Gasteiger partial charge on any atom is -0.317 e. The number of hydrogen-bond donors (Lipinski definition) is 2. The molecule has 1 heterocycles. The third-order valence-corrected chi connectivity index (χ3v) is 4.59.